The third-order valence-corrected chi connectivity index (χ3v) is 5.62. The molecule has 7 nitrogen and oxygen atoms in total. The van der Waals surface area contributed by atoms with Gasteiger partial charge in [-0.15, -0.1) is 0 Å². The largest absolute Gasteiger partial charge is 0.313 e. The molecule has 0 saturated heterocycles. The summed E-state index contributed by atoms with van der Waals surface area (Å²) in [4.78, 5) is 46.2. The van der Waals surface area contributed by atoms with Crippen LogP contribution in [0.4, 0.5) is 11.5 Å². The van der Waals surface area contributed by atoms with Gasteiger partial charge in [-0.3, -0.25) is 19.3 Å². The van der Waals surface area contributed by atoms with Crippen LogP contribution in [0, 0.1) is 0 Å². The van der Waals surface area contributed by atoms with Crippen LogP contribution >= 0.6 is 0 Å². The Kier molecular flexibility index (Phi) is 4.71. The second-order valence-electron chi connectivity index (χ2n) is 7.52. The van der Waals surface area contributed by atoms with Crippen LogP contribution in [0.5, 0.6) is 0 Å². The van der Waals surface area contributed by atoms with Gasteiger partial charge in [-0.25, -0.2) is 4.98 Å². The van der Waals surface area contributed by atoms with Gasteiger partial charge in [0.25, 0.3) is 11.8 Å². The highest BCUT2D eigenvalue weighted by molar-refractivity contribution is 6.16. The van der Waals surface area contributed by atoms with Crippen molar-refractivity contribution in [2.24, 2.45) is 0 Å². The number of carbonyl (C=O) groups excluding carboxylic acids is 3. The van der Waals surface area contributed by atoms with Gasteiger partial charge in [-0.2, -0.15) is 0 Å². The van der Waals surface area contributed by atoms with E-state index in [1.807, 2.05) is 30.3 Å². The van der Waals surface area contributed by atoms with E-state index in [4.69, 9.17) is 0 Å². The van der Waals surface area contributed by atoms with E-state index in [9.17, 15) is 14.4 Å². The molecule has 1 atom stereocenters. The van der Waals surface area contributed by atoms with Gasteiger partial charge in [0.1, 0.15) is 12.0 Å². The van der Waals surface area contributed by atoms with Crippen molar-refractivity contribution >= 4 is 29.2 Å². The predicted octanol–water partition coefficient (Wildman–Crippen LogP) is 3.62. The number of aromatic nitrogens is 1. The summed E-state index contributed by atoms with van der Waals surface area (Å²) >= 11 is 0. The quantitative estimate of drug-likeness (QED) is 0.694. The first-order valence-electron chi connectivity index (χ1n) is 10.2. The molecular weight excluding hydrogens is 392 g/mol. The highest BCUT2D eigenvalue weighted by Crippen LogP contribution is 2.45. The minimum atomic E-state index is -0.495. The van der Waals surface area contributed by atoms with Gasteiger partial charge in [0.15, 0.2) is 0 Å². The van der Waals surface area contributed by atoms with Gasteiger partial charge in [0, 0.05) is 30.3 Å². The summed E-state index contributed by atoms with van der Waals surface area (Å²) in [6.45, 7) is 0.353. The van der Waals surface area contributed by atoms with Crippen molar-refractivity contribution in [3.05, 3.63) is 89.6 Å². The molecule has 0 saturated carbocycles. The third kappa shape index (κ3) is 3.24. The minimum absolute atomic E-state index is 0.113. The maximum Gasteiger partial charge on any atom is 0.260 e. The summed E-state index contributed by atoms with van der Waals surface area (Å²) in [5.41, 5.74) is 2.55. The molecule has 1 N–H and O–H groups in total. The van der Waals surface area contributed by atoms with E-state index in [0.29, 0.717) is 35.6 Å². The first kappa shape index (κ1) is 19.0. The van der Waals surface area contributed by atoms with E-state index < -0.39 is 6.17 Å². The molecule has 3 heterocycles. The van der Waals surface area contributed by atoms with Gasteiger partial charge in [0.2, 0.25) is 5.91 Å². The van der Waals surface area contributed by atoms with Crippen LogP contribution in [0.25, 0.3) is 0 Å². The molecule has 0 radical (unpaired) electrons. The van der Waals surface area contributed by atoms with Crippen molar-refractivity contribution in [3.8, 4) is 0 Å². The SMILES string of the molecule is O=C(CCCN1C(=O)c2ccccc2N2C(=O)c3ccccc3[C@@H]12)Nc1ccccn1. The number of anilines is 2. The fourth-order valence-electron chi connectivity index (χ4n) is 4.25. The third-order valence-electron chi connectivity index (χ3n) is 5.62. The second kappa shape index (κ2) is 7.68. The molecule has 0 bridgehead atoms. The summed E-state index contributed by atoms with van der Waals surface area (Å²) < 4.78 is 0. The van der Waals surface area contributed by atoms with Gasteiger partial charge in [-0.1, -0.05) is 36.4 Å². The standard InChI is InChI=1S/C24H20N4O3/c29-21(26-20-12-5-6-14-25-20)13-7-15-27-22-16-8-1-2-9-17(16)24(31)28(22)19-11-4-3-10-18(19)23(27)30/h1-6,8-12,14,22H,7,13,15H2,(H,25,26,29)/t22-/m0/s1. The number of hydrogen-bond acceptors (Lipinski definition) is 4. The second-order valence-corrected chi connectivity index (χ2v) is 7.52. The highest BCUT2D eigenvalue weighted by Gasteiger charge is 2.47. The minimum Gasteiger partial charge on any atom is -0.313 e. The van der Waals surface area contributed by atoms with Gasteiger partial charge in [0.05, 0.1) is 11.3 Å². The zero-order valence-corrected chi connectivity index (χ0v) is 16.7. The maximum absolute atomic E-state index is 13.3. The van der Waals surface area contributed by atoms with Gasteiger partial charge < -0.3 is 10.2 Å². The molecule has 31 heavy (non-hydrogen) atoms. The molecule has 0 fully saturated rings. The van der Waals surface area contributed by atoms with E-state index in [-0.39, 0.29) is 24.1 Å². The average molecular weight is 412 g/mol. The van der Waals surface area contributed by atoms with E-state index >= 15 is 0 Å². The molecule has 3 aromatic rings. The Morgan fingerprint density at radius 2 is 1.65 bits per heavy atom. The lowest BCUT2D eigenvalue weighted by atomic mass is 10.0. The van der Waals surface area contributed by atoms with Crippen LogP contribution in [-0.2, 0) is 4.79 Å². The van der Waals surface area contributed by atoms with Crippen LogP contribution in [-0.4, -0.2) is 34.2 Å². The normalized spacial score (nSPS) is 16.6. The van der Waals surface area contributed by atoms with Crippen molar-refractivity contribution in [2.75, 3.05) is 16.8 Å². The van der Waals surface area contributed by atoms with Gasteiger partial charge in [-0.05, 0) is 36.8 Å². The lowest BCUT2D eigenvalue weighted by molar-refractivity contribution is -0.116. The first-order valence-corrected chi connectivity index (χ1v) is 10.2. The Bertz CT molecular complexity index is 1180. The summed E-state index contributed by atoms with van der Waals surface area (Å²) in [6.07, 6.45) is 1.82. The number of amides is 3. The molecule has 7 heteroatoms. The number of fused-ring (bicyclic) bond motifs is 5. The molecule has 0 aliphatic carbocycles. The van der Waals surface area contributed by atoms with Crippen molar-refractivity contribution in [3.63, 3.8) is 0 Å². The molecular formula is C24H20N4O3. The zero-order valence-electron chi connectivity index (χ0n) is 16.7. The molecule has 2 aromatic carbocycles. The summed E-state index contributed by atoms with van der Waals surface area (Å²) in [6, 6.07) is 19.9. The van der Waals surface area contributed by atoms with Crippen molar-refractivity contribution in [1.82, 2.24) is 9.88 Å². The number of para-hydroxylation sites is 1. The van der Waals surface area contributed by atoms with Crippen LogP contribution in [0.15, 0.2) is 72.9 Å². The predicted molar refractivity (Wildman–Crippen MR) is 116 cm³/mol. The number of nitrogens with zero attached hydrogens (tertiary/aromatic N) is 3. The summed E-state index contributed by atoms with van der Waals surface area (Å²) in [5.74, 6) is 0.0882. The van der Waals surface area contributed by atoms with Crippen LogP contribution in [0.3, 0.4) is 0 Å². The number of pyridine rings is 1. The Labute approximate surface area is 179 Å². The number of benzene rings is 2. The molecule has 2 aliphatic heterocycles. The monoisotopic (exact) mass is 412 g/mol. The molecule has 0 unspecified atom stereocenters. The van der Waals surface area contributed by atoms with Crippen molar-refractivity contribution in [2.45, 2.75) is 19.0 Å². The topological polar surface area (TPSA) is 82.6 Å². The lowest BCUT2D eigenvalue weighted by Crippen LogP contribution is -2.48. The number of nitrogens with one attached hydrogen (secondary N) is 1. The summed E-state index contributed by atoms with van der Waals surface area (Å²) in [5, 5.41) is 2.76. The Balaban J connectivity index is 1.38. The van der Waals surface area contributed by atoms with Gasteiger partial charge >= 0.3 is 0 Å². The maximum atomic E-state index is 13.3. The number of rotatable bonds is 5. The van der Waals surface area contributed by atoms with E-state index in [0.717, 1.165) is 5.56 Å². The van der Waals surface area contributed by atoms with E-state index in [1.165, 1.54) is 0 Å². The zero-order chi connectivity index (χ0) is 21.4. The van der Waals surface area contributed by atoms with Crippen LogP contribution < -0.4 is 10.2 Å². The average Bonchev–Trinajstić information content (AvgIpc) is 3.09. The van der Waals surface area contributed by atoms with E-state index in [2.05, 4.69) is 10.3 Å². The van der Waals surface area contributed by atoms with Crippen molar-refractivity contribution < 1.29 is 14.4 Å². The molecule has 5 rings (SSSR count). The number of carbonyl (C=O) groups is 3. The molecule has 0 spiro atoms. The van der Waals surface area contributed by atoms with Crippen LogP contribution in [0.2, 0.25) is 0 Å². The molecule has 154 valence electrons. The van der Waals surface area contributed by atoms with Crippen molar-refractivity contribution in [1.29, 1.82) is 0 Å². The molecule has 2 aliphatic rings. The fraction of sp³-hybridized carbons (Fsp3) is 0.167. The van der Waals surface area contributed by atoms with E-state index in [1.54, 1.807) is 52.4 Å². The lowest BCUT2D eigenvalue weighted by Gasteiger charge is -2.41. The Morgan fingerprint density at radius 3 is 2.45 bits per heavy atom. The smallest absolute Gasteiger partial charge is 0.260 e. The highest BCUT2D eigenvalue weighted by atomic mass is 16.2. The Hall–Kier alpha value is -4.00. The summed E-state index contributed by atoms with van der Waals surface area (Å²) in [7, 11) is 0. The van der Waals surface area contributed by atoms with Crippen LogP contribution in [0.1, 0.15) is 45.3 Å². The Morgan fingerprint density at radius 1 is 0.903 bits per heavy atom. The fourth-order valence-corrected chi connectivity index (χ4v) is 4.25. The first-order chi connectivity index (χ1) is 15.1. The number of hydrogen-bond donors (Lipinski definition) is 1. The molecule has 3 amide bonds. The molecule has 1 aromatic heterocycles.